The zero-order valence-electron chi connectivity index (χ0n) is 15.5. The van der Waals surface area contributed by atoms with Crippen LogP contribution in [0.1, 0.15) is 25.3 Å². The molecule has 1 fully saturated rings. The van der Waals surface area contributed by atoms with E-state index >= 15 is 0 Å². The Morgan fingerprint density at radius 1 is 1.25 bits per heavy atom. The molecule has 0 unspecified atom stereocenters. The molecular weight excluding hydrogens is 400 g/mol. The number of hydrogen-bond acceptors (Lipinski definition) is 3. The molecule has 1 saturated heterocycles. The Hall–Kier alpha value is -1.88. The predicted octanol–water partition coefficient (Wildman–Crippen LogP) is 2.24. The highest BCUT2D eigenvalue weighted by Crippen LogP contribution is 2.28. The van der Waals surface area contributed by atoms with Crippen LogP contribution in [0, 0.1) is 5.82 Å². The van der Waals surface area contributed by atoms with Gasteiger partial charge in [0.15, 0.2) is 5.96 Å². The van der Waals surface area contributed by atoms with Crippen molar-refractivity contribution in [3.63, 3.8) is 0 Å². The standard InChI is InChI=1S/C17H24F4N4O2S/c1-2-22-16(23-10-7-13-5-3-4-6-15(13)18)24-14-8-11-25(12-9-14)28(26,27)17(19,20)21/h3-6,14H,2,7-12H2,1H3,(H2,22,23,24). The quantitative estimate of drug-likeness (QED) is 0.417. The zero-order valence-corrected chi connectivity index (χ0v) is 16.3. The van der Waals surface area contributed by atoms with Gasteiger partial charge in [-0.05, 0) is 37.8 Å². The van der Waals surface area contributed by atoms with Gasteiger partial charge in [-0.1, -0.05) is 18.2 Å². The zero-order chi connectivity index (χ0) is 20.8. The normalized spacial score (nSPS) is 17.5. The summed E-state index contributed by atoms with van der Waals surface area (Å²) in [5.41, 5.74) is -4.73. The molecule has 1 aromatic rings. The van der Waals surface area contributed by atoms with Crippen LogP contribution in [0.5, 0.6) is 0 Å². The van der Waals surface area contributed by atoms with Gasteiger partial charge in [-0.2, -0.15) is 17.5 Å². The number of sulfonamides is 1. The summed E-state index contributed by atoms with van der Waals surface area (Å²) in [6.45, 7) is 2.35. The van der Waals surface area contributed by atoms with Crippen molar-refractivity contribution in [1.29, 1.82) is 0 Å². The lowest BCUT2D eigenvalue weighted by Crippen LogP contribution is -2.51. The molecule has 2 rings (SSSR count). The molecule has 28 heavy (non-hydrogen) atoms. The number of halogens is 4. The third kappa shape index (κ3) is 5.81. The molecule has 0 radical (unpaired) electrons. The van der Waals surface area contributed by atoms with E-state index in [0.717, 1.165) is 0 Å². The number of rotatable bonds is 6. The number of nitrogens with zero attached hydrogens (tertiary/aromatic N) is 2. The van der Waals surface area contributed by atoms with Gasteiger partial charge in [0.2, 0.25) is 0 Å². The Balaban J connectivity index is 1.90. The van der Waals surface area contributed by atoms with E-state index in [2.05, 4.69) is 15.6 Å². The molecule has 1 heterocycles. The number of hydrogen-bond donors (Lipinski definition) is 2. The highest BCUT2D eigenvalue weighted by Gasteiger charge is 2.50. The lowest BCUT2D eigenvalue weighted by molar-refractivity contribution is -0.0494. The minimum absolute atomic E-state index is 0.203. The molecule has 0 amide bonds. The molecular formula is C17H24F4N4O2S. The number of aliphatic imine (C=N–C) groups is 1. The van der Waals surface area contributed by atoms with Crippen LogP contribution in [-0.2, 0) is 16.4 Å². The topological polar surface area (TPSA) is 73.8 Å². The van der Waals surface area contributed by atoms with Crippen molar-refractivity contribution in [1.82, 2.24) is 14.9 Å². The minimum Gasteiger partial charge on any atom is -0.357 e. The van der Waals surface area contributed by atoms with Crippen molar-refractivity contribution >= 4 is 16.0 Å². The first kappa shape index (κ1) is 22.4. The third-order valence-corrected chi connectivity index (χ3v) is 6.01. The van der Waals surface area contributed by atoms with Gasteiger partial charge in [-0.25, -0.2) is 12.8 Å². The Morgan fingerprint density at radius 2 is 1.89 bits per heavy atom. The van der Waals surface area contributed by atoms with Gasteiger partial charge in [0.25, 0.3) is 0 Å². The fraction of sp³-hybridized carbons (Fsp3) is 0.588. The van der Waals surface area contributed by atoms with Crippen LogP contribution in [0.2, 0.25) is 0 Å². The molecule has 0 atom stereocenters. The second kappa shape index (κ2) is 9.55. The lowest BCUT2D eigenvalue weighted by atomic mass is 10.1. The summed E-state index contributed by atoms with van der Waals surface area (Å²) in [5.74, 6) is 0.171. The van der Waals surface area contributed by atoms with E-state index in [1.54, 1.807) is 18.2 Å². The Morgan fingerprint density at radius 3 is 2.46 bits per heavy atom. The van der Waals surface area contributed by atoms with E-state index in [4.69, 9.17) is 0 Å². The second-order valence-corrected chi connectivity index (χ2v) is 8.30. The molecule has 1 aromatic carbocycles. The molecule has 0 bridgehead atoms. The van der Waals surface area contributed by atoms with Gasteiger partial charge in [0, 0.05) is 32.2 Å². The maximum atomic E-state index is 13.6. The van der Waals surface area contributed by atoms with Crippen LogP contribution in [0.4, 0.5) is 17.6 Å². The Kier molecular flexibility index (Phi) is 7.64. The molecule has 6 nitrogen and oxygen atoms in total. The molecule has 0 aliphatic carbocycles. The molecule has 0 saturated carbocycles. The molecule has 0 spiro atoms. The average Bonchev–Trinajstić information content (AvgIpc) is 2.63. The molecule has 2 N–H and O–H groups in total. The fourth-order valence-electron chi connectivity index (χ4n) is 2.89. The first-order valence-electron chi connectivity index (χ1n) is 8.99. The third-order valence-electron chi connectivity index (χ3n) is 4.38. The summed E-state index contributed by atoms with van der Waals surface area (Å²) in [4.78, 5) is 4.37. The monoisotopic (exact) mass is 424 g/mol. The highest BCUT2D eigenvalue weighted by atomic mass is 32.2. The van der Waals surface area contributed by atoms with Crippen LogP contribution in [-0.4, -0.2) is 56.4 Å². The Bertz CT molecular complexity index is 776. The van der Waals surface area contributed by atoms with Crippen molar-refractivity contribution in [3.05, 3.63) is 35.6 Å². The lowest BCUT2D eigenvalue weighted by Gasteiger charge is -2.32. The van der Waals surface area contributed by atoms with Crippen molar-refractivity contribution in [3.8, 4) is 0 Å². The summed E-state index contributed by atoms with van der Waals surface area (Å²) in [7, 11) is -5.29. The molecule has 1 aliphatic heterocycles. The predicted molar refractivity (Wildman–Crippen MR) is 98.8 cm³/mol. The number of nitrogens with one attached hydrogen (secondary N) is 2. The molecule has 0 aromatic heterocycles. The number of piperidine rings is 1. The van der Waals surface area contributed by atoms with Gasteiger partial charge in [-0.3, -0.25) is 4.99 Å². The van der Waals surface area contributed by atoms with E-state index < -0.39 is 15.5 Å². The van der Waals surface area contributed by atoms with E-state index in [0.29, 0.717) is 35.3 Å². The van der Waals surface area contributed by atoms with Crippen LogP contribution in [0.25, 0.3) is 0 Å². The van der Waals surface area contributed by atoms with Crippen LogP contribution >= 0.6 is 0 Å². The first-order chi connectivity index (χ1) is 13.1. The smallest absolute Gasteiger partial charge is 0.357 e. The summed E-state index contributed by atoms with van der Waals surface area (Å²) < 4.78 is 74.9. The minimum atomic E-state index is -5.29. The van der Waals surface area contributed by atoms with Crippen molar-refractivity contribution in [2.75, 3.05) is 26.2 Å². The highest BCUT2D eigenvalue weighted by molar-refractivity contribution is 7.90. The molecule has 11 heteroatoms. The molecule has 158 valence electrons. The van der Waals surface area contributed by atoms with Gasteiger partial charge in [0.05, 0.1) is 0 Å². The summed E-state index contributed by atoms with van der Waals surface area (Å²) >= 11 is 0. The van der Waals surface area contributed by atoms with Crippen LogP contribution < -0.4 is 10.6 Å². The van der Waals surface area contributed by atoms with Crippen molar-refractivity contribution in [2.45, 2.75) is 37.7 Å². The fourth-order valence-corrected chi connectivity index (χ4v) is 3.87. The summed E-state index contributed by atoms with van der Waals surface area (Å²) in [6.07, 6.45) is 0.867. The first-order valence-corrected chi connectivity index (χ1v) is 10.4. The van der Waals surface area contributed by atoms with Crippen molar-refractivity contribution < 1.29 is 26.0 Å². The van der Waals surface area contributed by atoms with Crippen LogP contribution in [0.3, 0.4) is 0 Å². The number of benzene rings is 1. The number of alkyl halides is 3. The molecule has 1 aliphatic rings. The largest absolute Gasteiger partial charge is 0.511 e. The van der Waals surface area contributed by atoms with E-state index in [1.165, 1.54) is 6.07 Å². The van der Waals surface area contributed by atoms with Crippen LogP contribution in [0.15, 0.2) is 29.3 Å². The van der Waals surface area contributed by atoms with Gasteiger partial charge < -0.3 is 10.6 Å². The SMILES string of the molecule is CCNC(=NCCc1ccccc1F)NC1CCN(S(=O)(=O)C(F)(F)F)CC1. The maximum Gasteiger partial charge on any atom is 0.511 e. The number of guanidine groups is 1. The van der Waals surface area contributed by atoms with E-state index in [-0.39, 0.29) is 37.8 Å². The maximum absolute atomic E-state index is 13.6. The second-order valence-electron chi connectivity index (χ2n) is 6.37. The average molecular weight is 424 g/mol. The van der Waals surface area contributed by atoms with Gasteiger partial charge in [0.1, 0.15) is 5.82 Å². The summed E-state index contributed by atoms with van der Waals surface area (Å²) in [6, 6.07) is 6.21. The van der Waals surface area contributed by atoms with Gasteiger partial charge >= 0.3 is 15.5 Å². The van der Waals surface area contributed by atoms with E-state index in [1.807, 2.05) is 6.92 Å². The summed E-state index contributed by atoms with van der Waals surface area (Å²) in [5, 5.41) is 6.14. The van der Waals surface area contributed by atoms with E-state index in [9.17, 15) is 26.0 Å². The van der Waals surface area contributed by atoms with Gasteiger partial charge in [-0.15, -0.1) is 0 Å². The van der Waals surface area contributed by atoms with Crippen molar-refractivity contribution in [2.24, 2.45) is 4.99 Å². The Labute approximate surface area is 162 Å².